The number of amides is 1. The van der Waals surface area contributed by atoms with Crippen molar-refractivity contribution >= 4 is 22.8 Å². The number of aryl methyl sites for hydroxylation is 1. The van der Waals surface area contributed by atoms with Crippen molar-refractivity contribution in [3.8, 4) is 17.2 Å². The Balaban J connectivity index is 1.45. The van der Waals surface area contributed by atoms with Gasteiger partial charge in [-0.3, -0.25) is 4.79 Å². The highest BCUT2D eigenvalue weighted by atomic mass is 16.5. The van der Waals surface area contributed by atoms with Gasteiger partial charge in [-0.1, -0.05) is 18.2 Å². The van der Waals surface area contributed by atoms with Crippen LogP contribution in [0.15, 0.2) is 71.3 Å². The second-order valence-electron chi connectivity index (χ2n) is 6.08. The van der Waals surface area contributed by atoms with Crippen molar-refractivity contribution in [3.05, 3.63) is 72.4 Å². The Morgan fingerprint density at radius 2 is 2.00 bits per heavy atom. The van der Waals surface area contributed by atoms with Gasteiger partial charge in [-0.05, 0) is 55.0 Å². The molecule has 0 fully saturated rings. The van der Waals surface area contributed by atoms with Gasteiger partial charge in [0.1, 0.15) is 5.75 Å². The van der Waals surface area contributed by atoms with E-state index < -0.39 is 0 Å². The fourth-order valence-corrected chi connectivity index (χ4v) is 2.67. The number of hydrogen-bond acceptors (Lipinski definition) is 5. The quantitative estimate of drug-likeness (QED) is 0.577. The van der Waals surface area contributed by atoms with Crippen molar-refractivity contribution < 1.29 is 13.9 Å². The molecule has 1 amide bonds. The molecule has 0 aliphatic heterocycles. The second-order valence-corrected chi connectivity index (χ2v) is 6.08. The lowest BCUT2D eigenvalue weighted by atomic mass is 10.2. The lowest BCUT2D eigenvalue weighted by Crippen LogP contribution is -2.20. The lowest BCUT2D eigenvalue weighted by molar-refractivity contribution is -0.118. The summed E-state index contributed by atoms with van der Waals surface area (Å²) in [6.07, 6.45) is 1.67. The average molecular weight is 359 g/mol. The van der Waals surface area contributed by atoms with Gasteiger partial charge in [0.25, 0.3) is 5.91 Å². The van der Waals surface area contributed by atoms with Crippen molar-refractivity contribution in [2.45, 2.75) is 6.92 Å². The third-order valence-electron chi connectivity index (χ3n) is 3.92. The monoisotopic (exact) mass is 359 g/mol. The van der Waals surface area contributed by atoms with Crippen LogP contribution in [-0.4, -0.2) is 22.5 Å². The maximum atomic E-state index is 12.2. The predicted molar refractivity (Wildman–Crippen MR) is 103 cm³/mol. The first-order chi connectivity index (χ1) is 13.2. The fraction of sp³-hybridized carbons (Fsp3) is 0.0952. The highest BCUT2D eigenvalue weighted by Gasteiger charge is 2.10. The smallest absolute Gasteiger partial charge is 0.262 e. The van der Waals surface area contributed by atoms with E-state index >= 15 is 0 Å². The molecule has 0 aliphatic rings. The van der Waals surface area contributed by atoms with Crippen LogP contribution < -0.4 is 10.1 Å². The van der Waals surface area contributed by atoms with E-state index in [1.807, 2.05) is 49.4 Å². The summed E-state index contributed by atoms with van der Waals surface area (Å²) in [6.45, 7) is 1.90. The van der Waals surface area contributed by atoms with Crippen LogP contribution in [0.3, 0.4) is 0 Å². The molecule has 0 saturated heterocycles. The van der Waals surface area contributed by atoms with Crippen LogP contribution in [0.5, 0.6) is 5.75 Å². The summed E-state index contributed by atoms with van der Waals surface area (Å²) in [6, 6.07) is 18.5. The van der Waals surface area contributed by atoms with Gasteiger partial charge >= 0.3 is 0 Å². The fourth-order valence-electron chi connectivity index (χ4n) is 2.67. The highest BCUT2D eigenvalue weighted by Crippen LogP contribution is 2.25. The summed E-state index contributed by atoms with van der Waals surface area (Å²) in [7, 11) is 0. The molecular formula is C21H17N3O3. The van der Waals surface area contributed by atoms with Crippen LogP contribution in [0.4, 0.5) is 5.69 Å². The van der Waals surface area contributed by atoms with Gasteiger partial charge in [0, 0.05) is 17.4 Å². The molecule has 2 aromatic carbocycles. The molecule has 0 aliphatic carbocycles. The van der Waals surface area contributed by atoms with Crippen LogP contribution in [0.25, 0.3) is 22.7 Å². The Morgan fingerprint density at radius 3 is 2.85 bits per heavy atom. The molecule has 1 N–H and O–H groups in total. The Kier molecular flexibility index (Phi) is 4.53. The number of fused-ring (bicyclic) bond motifs is 1. The summed E-state index contributed by atoms with van der Waals surface area (Å²) in [5.41, 5.74) is 3.64. The van der Waals surface area contributed by atoms with E-state index in [9.17, 15) is 4.79 Å². The Bertz CT molecular complexity index is 1070. The number of pyridine rings is 1. The number of nitrogens with one attached hydrogen (secondary N) is 1. The van der Waals surface area contributed by atoms with E-state index in [-0.39, 0.29) is 12.5 Å². The molecule has 6 heteroatoms. The lowest BCUT2D eigenvalue weighted by Gasteiger charge is -2.08. The molecular weight excluding hydrogens is 342 g/mol. The predicted octanol–water partition coefficient (Wildman–Crippen LogP) is 4.22. The normalized spacial score (nSPS) is 10.7. The molecule has 27 heavy (non-hydrogen) atoms. The van der Waals surface area contributed by atoms with Crippen LogP contribution in [0.1, 0.15) is 5.56 Å². The van der Waals surface area contributed by atoms with Crippen molar-refractivity contribution in [1.82, 2.24) is 9.97 Å². The van der Waals surface area contributed by atoms with Crippen LogP contribution in [0, 0.1) is 6.92 Å². The first-order valence-electron chi connectivity index (χ1n) is 8.49. The number of rotatable bonds is 5. The summed E-state index contributed by atoms with van der Waals surface area (Å²) < 4.78 is 11.2. The van der Waals surface area contributed by atoms with Gasteiger partial charge in [-0.15, -0.1) is 0 Å². The van der Waals surface area contributed by atoms with E-state index in [1.54, 1.807) is 24.4 Å². The number of carbonyl (C=O) groups excluding carboxylic acids is 1. The van der Waals surface area contributed by atoms with Gasteiger partial charge in [0.2, 0.25) is 5.89 Å². The molecule has 2 aromatic heterocycles. The van der Waals surface area contributed by atoms with Crippen molar-refractivity contribution in [2.24, 2.45) is 0 Å². The molecule has 0 spiro atoms. The molecule has 4 aromatic rings. The summed E-state index contributed by atoms with van der Waals surface area (Å²) in [5.74, 6) is 0.876. The number of hydrogen-bond donors (Lipinski definition) is 1. The minimum Gasteiger partial charge on any atom is -0.484 e. The van der Waals surface area contributed by atoms with E-state index in [0.717, 1.165) is 11.1 Å². The average Bonchev–Trinajstić information content (AvgIpc) is 3.11. The van der Waals surface area contributed by atoms with Crippen molar-refractivity contribution in [1.29, 1.82) is 0 Å². The van der Waals surface area contributed by atoms with Crippen LogP contribution in [-0.2, 0) is 4.79 Å². The van der Waals surface area contributed by atoms with Gasteiger partial charge < -0.3 is 14.5 Å². The number of anilines is 1. The molecule has 0 atom stereocenters. The highest BCUT2D eigenvalue weighted by molar-refractivity contribution is 5.92. The Morgan fingerprint density at radius 1 is 1.11 bits per heavy atom. The third-order valence-corrected chi connectivity index (χ3v) is 3.92. The summed E-state index contributed by atoms with van der Waals surface area (Å²) in [4.78, 5) is 20.7. The number of ether oxygens (including phenoxy) is 1. The number of oxazole rings is 1. The van der Waals surface area contributed by atoms with E-state index in [4.69, 9.17) is 9.15 Å². The zero-order valence-electron chi connectivity index (χ0n) is 14.7. The van der Waals surface area contributed by atoms with Gasteiger partial charge in [-0.25, -0.2) is 4.98 Å². The number of carbonyl (C=O) groups is 1. The zero-order valence-corrected chi connectivity index (χ0v) is 14.7. The van der Waals surface area contributed by atoms with E-state index in [1.165, 1.54) is 0 Å². The van der Waals surface area contributed by atoms with E-state index in [2.05, 4.69) is 15.3 Å². The SMILES string of the molecule is Cc1cccc(OCC(=O)Nc2cccc(-c3nc4ncccc4o3)c2)c1. The first-order valence-corrected chi connectivity index (χ1v) is 8.49. The molecule has 6 nitrogen and oxygen atoms in total. The number of nitrogens with zero attached hydrogens (tertiary/aromatic N) is 2. The zero-order chi connectivity index (χ0) is 18.6. The van der Waals surface area contributed by atoms with E-state index in [0.29, 0.717) is 28.6 Å². The number of benzene rings is 2. The third kappa shape index (κ3) is 3.95. The molecule has 134 valence electrons. The Labute approximate surface area is 155 Å². The van der Waals surface area contributed by atoms with Crippen LogP contribution >= 0.6 is 0 Å². The summed E-state index contributed by atoms with van der Waals surface area (Å²) in [5, 5.41) is 2.82. The molecule has 0 bridgehead atoms. The molecule has 0 unspecified atom stereocenters. The van der Waals surface area contributed by atoms with Crippen molar-refractivity contribution in [2.75, 3.05) is 11.9 Å². The maximum absolute atomic E-state index is 12.2. The van der Waals surface area contributed by atoms with Gasteiger partial charge in [0.05, 0.1) is 0 Å². The van der Waals surface area contributed by atoms with Crippen molar-refractivity contribution in [3.63, 3.8) is 0 Å². The minimum atomic E-state index is -0.243. The summed E-state index contributed by atoms with van der Waals surface area (Å²) >= 11 is 0. The maximum Gasteiger partial charge on any atom is 0.262 e. The molecule has 4 rings (SSSR count). The first kappa shape index (κ1) is 16.8. The molecule has 0 saturated carbocycles. The standard InChI is InChI=1S/C21H17N3O3/c1-14-5-2-8-17(11-14)26-13-19(25)23-16-7-3-6-15(12-16)21-24-20-18(27-21)9-4-10-22-20/h2-12H,13H2,1H3,(H,23,25). The number of aromatic nitrogens is 2. The van der Waals surface area contributed by atoms with Gasteiger partial charge in [0.15, 0.2) is 17.8 Å². The molecule has 0 radical (unpaired) electrons. The largest absolute Gasteiger partial charge is 0.484 e. The Hall–Kier alpha value is -3.67. The molecule has 2 heterocycles. The van der Waals surface area contributed by atoms with Gasteiger partial charge in [-0.2, -0.15) is 4.98 Å². The second kappa shape index (κ2) is 7.29. The topological polar surface area (TPSA) is 77.2 Å². The minimum absolute atomic E-state index is 0.0690. The van der Waals surface area contributed by atoms with Crippen LogP contribution in [0.2, 0.25) is 0 Å².